The van der Waals surface area contributed by atoms with E-state index in [1.165, 1.54) is 51.6 Å². The minimum Gasteiger partial charge on any atom is -0.316 e. The molecule has 1 nitrogen and oxygen atoms in total. The van der Waals surface area contributed by atoms with E-state index in [2.05, 4.69) is 26.1 Å². The Morgan fingerprint density at radius 2 is 1.73 bits per heavy atom. The van der Waals surface area contributed by atoms with Crippen molar-refractivity contribution in [1.29, 1.82) is 0 Å². The summed E-state index contributed by atoms with van der Waals surface area (Å²) >= 11 is 0. The number of hydrogen-bond acceptors (Lipinski definition) is 1. The predicted molar refractivity (Wildman–Crippen MR) is 68.1 cm³/mol. The van der Waals surface area contributed by atoms with Crippen LogP contribution >= 0.6 is 0 Å². The summed E-state index contributed by atoms with van der Waals surface area (Å²) < 4.78 is 0. The van der Waals surface area contributed by atoms with E-state index in [1.807, 2.05) is 0 Å². The van der Waals surface area contributed by atoms with Gasteiger partial charge in [-0.1, -0.05) is 33.6 Å². The van der Waals surface area contributed by atoms with Crippen LogP contribution in [0.15, 0.2) is 0 Å². The van der Waals surface area contributed by atoms with Crippen molar-refractivity contribution in [2.45, 2.75) is 59.3 Å². The van der Waals surface area contributed by atoms with Crippen LogP contribution in [0.25, 0.3) is 0 Å². The summed E-state index contributed by atoms with van der Waals surface area (Å²) in [6.07, 6.45) is 8.48. The first kappa shape index (κ1) is 13.0. The van der Waals surface area contributed by atoms with Gasteiger partial charge < -0.3 is 5.32 Å². The largest absolute Gasteiger partial charge is 0.316 e. The molecule has 1 heteroatoms. The van der Waals surface area contributed by atoms with Gasteiger partial charge in [0.25, 0.3) is 0 Å². The Balaban J connectivity index is 2.14. The molecule has 0 radical (unpaired) electrons. The second-order valence-corrected chi connectivity index (χ2v) is 5.22. The van der Waals surface area contributed by atoms with E-state index in [4.69, 9.17) is 0 Å². The summed E-state index contributed by atoms with van der Waals surface area (Å²) in [6.45, 7) is 9.41. The zero-order valence-corrected chi connectivity index (χ0v) is 10.9. The average Bonchev–Trinajstić information content (AvgIpc) is 2.24. The van der Waals surface area contributed by atoms with Crippen LogP contribution in [0, 0.1) is 17.8 Å². The SMILES string of the molecule is CCCNCC1CCC1CC(CC)CC. The summed E-state index contributed by atoms with van der Waals surface area (Å²) in [6, 6.07) is 0. The van der Waals surface area contributed by atoms with Crippen molar-refractivity contribution in [1.82, 2.24) is 5.32 Å². The lowest BCUT2D eigenvalue weighted by Gasteiger charge is -2.39. The maximum atomic E-state index is 3.58. The number of nitrogens with one attached hydrogen (secondary N) is 1. The molecule has 0 spiro atoms. The van der Waals surface area contributed by atoms with Crippen molar-refractivity contribution in [3.63, 3.8) is 0 Å². The Morgan fingerprint density at radius 1 is 1.07 bits per heavy atom. The Bertz CT molecular complexity index is 151. The molecule has 1 rings (SSSR count). The van der Waals surface area contributed by atoms with E-state index in [0.29, 0.717) is 0 Å². The fourth-order valence-electron chi connectivity index (χ4n) is 2.73. The highest BCUT2D eigenvalue weighted by molar-refractivity contribution is 4.83. The molecule has 15 heavy (non-hydrogen) atoms. The topological polar surface area (TPSA) is 12.0 Å². The van der Waals surface area contributed by atoms with Gasteiger partial charge in [0.05, 0.1) is 0 Å². The van der Waals surface area contributed by atoms with Crippen molar-refractivity contribution >= 4 is 0 Å². The molecule has 0 amide bonds. The minimum absolute atomic E-state index is 0.990. The summed E-state index contributed by atoms with van der Waals surface area (Å²) in [4.78, 5) is 0. The maximum Gasteiger partial charge on any atom is -0.00179 e. The molecule has 0 aromatic rings. The van der Waals surface area contributed by atoms with Crippen LogP contribution in [0.3, 0.4) is 0 Å². The molecule has 0 saturated heterocycles. The lowest BCUT2D eigenvalue weighted by Crippen LogP contribution is -2.36. The van der Waals surface area contributed by atoms with Crippen LogP contribution < -0.4 is 5.32 Å². The van der Waals surface area contributed by atoms with Crippen LogP contribution in [0.1, 0.15) is 59.3 Å². The monoisotopic (exact) mass is 211 g/mol. The van der Waals surface area contributed by atoms with Gasteiger partial charge in [0.15, 0.2) is 0 Å². The zero-order chi connectivity index (χ0) is 11.1. The second kappa shape index (κ2) is 7.27. The Labute approximate surface area is 96.0 Å². The van der Waals surface area contributed by atoms with E-state index in [1.54, 1.807) is 0 Å². The number of rotatable bonds is 8. The fraction of sp³-hybridized carbons (Fsp3) is 1.00. The highest BCUT2D eigenvalue weighted by Crippen LogP contribution is 2.39. The molecule has 2 atom stereocenters. The molecule has 0 aromatic carbocycles. The van der Waals surface area contributed by atoms with Crippen LogP contribution in [0.4, 0.5) is 0 Å². The molecule has 2 unspecified atom stereocenters. The van der Waals surface area contributed by atoms with E-state index < -0.39 is 0 Å². The van der Waals surface area contributed by atoms with Gasteiger partial charge in [-0.2, -0.15) is 0 Å². The van der Waals surface area contributed by atoms with Gasteiger partial charge in [-0.3, -0.25) is 0 Å². The second-order valence-electron chi connectivity index (χ2n) is 5.22. The Morgan fingerprint density at radius 3 is 2.20 bits per heavy atom. The molecule has 0 aromatic heterocycles. The molecule has 1 aliphatic rings. The van der Waals surface area contributed by atoms with Gasteiger partial charge in [-0.25, -0.2) is 0 Å². The molecular weight excluding hydrogens is 182 g/mol. The lowest BCUT2D eigenvalue weighted by atomic mass is 9.69. The average molecular weight is 211 g/mol. The summed E-state index contributed by atoms with van der Waals surface area (Å²) in [7, 11) is 0. The van der Waals surface area contributed by atoms with Crippen molar-refractivity contribution in [3.05, 3.63) is 0 Å². The molecule has 1 N–H and O–H groups in total. The molecule has 1 fully saturated rings. The first-order valence-electron chi connectivity index (χ1n) is 7.02. The third-order valence-corrected chi connectivity index (χ3v) is 4.20. The quantitative estimate of drug-likeness (QED) is 0.602. The van der Waals surface area contributed by atoms with Gasteiger partial charge in [0, 0.05) is 0 Å². The van der Waals surface area contributed by atoms with Crippen LogP contribution in [0.5, 0.6) is 0 Å². The third kappa shape index (κ3) is 4.14. The molecule has 0 bridgehead atoms. The van der Waals surface area contributed by atoms with Crippen molar-refractivity contribution < 1.29 is 0 Å². The lowest BCUT2D eigenvalue weighted by molar-refractivity contribution is 0.135. The van der Waals surface area contributed by atoms with Gasteiger partial charge in [-0.15, -0.1) is 0 Å². The van der Waals surface area contributed by atoms with E-state index >= 15 is 0 Å². The Hall–Kier alpha value is -0.0400. The molecular formula is C14H29N. The van der Waals surface area contributed by atoms with Gasteiger partial charge in [0.1, 0.15) is 0 Å². The normalized spacial score (nSPS) is 25.6. The van der Waals surface area contributed by atoms with Crippen molar-refractivity contribution in [3.8, 4) is 0 Å². The predicted octanol–water partition coefficient (Wildman–Crippen LogP) is 3.84. The van der Waals surface area contributed by atoms with E-state index in [9.17, 15) is 0 Å². The zero-order valence-electron chi connectivity index (χ0n) is 10.9. The van der Waals surface area contributed by atoms with Gasteiger partial charge in [-0.05, 0) is 56.5 Å². The molecule has 1 aliphatic carbocycles. The maximum absolute atomic E-state index is 3.58. The highest BCUT2D eigenvalue weighted by atomic mass is 14.9. The molecule has 0 heterocycles. The number of hydrogen-bond donors (Lipinski definition) is 1. The summed E-state index contributed by atoms with van der Waals surface area (Å²) in [5.41, 5.74) is 0. The molecule has 90 valence electrons. The molecule has 1 saturated carbocycles. The van der Waals surface area contributed by atoms with Gasteiger partial charge in [0.2, 0.25) is 0 Å². The smallest absolute Gasteiger partial charge is 0.00179 e. The first-order valence-corrected chi connectivity index (χ1v) is 7.02. The minimum atomic E-state index is 0.990. The highest BCUT2D eigenvalue weighted by Gasteiger charge is 2.31. The van der Waals surface area contributed by atoms with Crippen LogP contribution in [-0.2, 0) is 0 Å². The van der Waals surface area contributed by atoms with Crippen LogP contribution in [-0.4, -0.2) is 13.1 Å². The van der Waals surface area contributed by atoms with E-state index in [-0.39, 0.29) is 0 Å². The van der Waals surface area contributed by atoms with Gasteiger partial charge >= 0.3 is 0 Å². The van der Waals surface area contributed by atoms with Crippen LogP contribution in [0.2, 0.25) is 0 Å². The fourth-order valence-corrected chi connectivity index (χ4v) is 2.73. The Kier molecular flexibility index (Phi) is 6.31. The first-order chi connectivity index (χ1) is 7.31. The third-order valence-electron chi connectivity index (χ3n) is 4.20. The molecule has 0 aliphatic heterocycles. The summed E-state index contributed by atoms with van der Waals surface area (Å²) in [5, 5.41) is 3.58. The van der Waals surface area contributed by atoms with Crippen molar-refractivity contribution in [2.75, 3.05) is 13.1 Å². The standard InChI is InChI=1S/C14H29N/c1-4-9-15-11-14-8-7-13(14)10-12(5-2)6-3/h12-15H,4-11H2,1-3H3. The van der Waals surface area contributed by atoms with E-state index in [0.717, 1.165) is 17.8 Å². The van der Waals surface area contributed by atoms with Crippen molar-refractivity contribution in [2.24, 2.45) is 17.8 Å². The summed E-state index contributed by atoms with van der Waals surface area (Å²) in [5.74, 6) is 3.03.